The Morgan fingerprint density at radius 1 is 1.19 bits per heavy atom. The summed E-state index contributed by atoms with van der Waals surface area (Å²) in [6, 6.07) is 12.0. The molecule has 0 N–H and O–H groups in total. The molecule has 0 unspecified atom stereocenters. The van der Waals surface area contributed by atoms with Crippen LogP contribution < -0.4 is 0 Å². The van der Waals surface area contributed by atoms with E-state index in [9.17, 15) is 4.79 Å². The van der Waals surface area contributed by atoms with Crippen molar-refractivity contribution in [3.63, 3.8) is 0 Å². The van der Waals surface area contributed by atoms with Gasteiger partial charge in [0.15, 0.2) is 5.12 Å². The summed E-state index contributed by atoms with van der Waals surface area (Å²) in [5, 5.41) is 0.207. The molecule has 1 aromatic heterocycles. The first-order chi connectivity index (χ1) is 13.0. The first kappa shape index (κ1) is 20.8. The number of rotatable bonds is 7. The molecular weight excluding hydrogens is 352 g/mol. The lowest BCUT2D eigenvalue weighted by Gasteiger charge is -2.05. The summed E-state index contributed by atoms with van der Waals surface area (Å²) in [6.07, 6.45) is 9.25. The molecule has 0 fully saturated rings. The third-order valence-electron chi connectivity index (χ3n) is 3.94. The lowest BCUT2D eigenvalue weighted by atomic mass is 10.1. The summed E-state index contributed by atoms with van der Waals surface area (Å²) in [5.74, 6) is 0. The predicted octanol–water partition coefficient (Wildman–Crippen LogP) is 6.34. The van der Waals surface area contributed by atoms with E-state index in [0.29, 0.717) is 6.42 Å². The molecule has 0 aliphatic carbocycles. The molecule has 1 heterocycles. The minimum atomic E-state index is 0.207. The molecule has 140 valence electrons. The van der Waals surface area contributed by atoms with Crippen LogP contribution in [0.5, 0.6) is 0 Å². The van der Waals surface area contributed by atoms with Crippen molar-refractivity contribution in [1.29, 1.82) is 0 Å². The number of pyridine rings is 1. The van der Waals surface area contributed by atoms with Crippen LogP contribution in [-0.4, -0.2) is 16.3 Å². The van der Waals surface area contributed by atoms with Gasteiger partial charge in [-0.2, -0.15) is 0 Å². The molecule has 0 spiro atoms. The number of aryl methyl sites for hydroxylation is 1. The molecule has 0 bridgehead atoms. The van der Waals surface area contributed by atoms with E-state index >= 15 is 0 Å². The van der Waals surface area contributed by atoms with E-state index in [1.165, 1.54) is 11.8 Å². The minimum absolute atomic E-state index is 0.207. The number of hydrogen-bond acceptors (Lipinski definition) is 4. The summed E-state index contributed by atoms with van der Waals surface area (Å²) in [7, 11) is 0. The van der Waals surface area contributed by atoms with Crippen molar-refractivity contribution in [2.24, 2.45) is 4.99 Å². The summed E-state index contributed by atoms with van der Waals surface area (Å²) < 4.78 is 0. The van der Waals surface area contributed by atoms with E-state index < -0.39 is 0 Å². The van der Waals surface area contributed by atoms with Crippen LogP contribution in [0.4, 0.5) is 0 Å². The molecule has 0 saturated carbocycles. The van der Waals surface area contributed by atoms with Crippen LogP contribution in [0.1, 0.15) is 50.4 Å². The Labute approximate surface area is 166 Å². The van der Waals surface area contributed by atoms with Gasteiger partial charge in [0.05, 0.1) is 5.70 Å². The molecule has 4 heteroatoms. The molecular formula is C23H26N2OS. The van der Waals surface area contributed by atoms with Gasteiger partial charge in [-0.3, -0.25) is 14.8 Å². The van der Waals surface area contributed by atoms with Gasteiger partial charge >= 0.3 is 0 Å². The molecule has 27 heavy (non-hydrogen) atoms. The average molecular weight is 379 g/mol. The fourth-order valence-corrected chi connectivity index (χ4v) is 3.08. The highest BCUT2D eigenvalue weighted by Gasteiger charge is 2.05. The van der Waals surface area contributed by atoms with Gasteiger partial charge in [-0.1, -0.05) is 36.9 Å². The quantitative estimate of drug-likeness (QED) is 0.417. The summed E-state index contributed by atoms with van der Waals surface area (Å²) in [5.41, 5.74) is 4.93. The van der Waals surface area contributed by atoms with Crippen molar-refractivity contribution in [2.45, 2.75) is 45.4 Å². The van der Waals surface area contributed by atoms with E-state index in [0.717, 1.165) is 39.4 Å². The fourth-order valence-electron chi connectivity index (χ4n) is 2.24. The number of aliphatic imine (C=N–C) groups is 1. The van der Waals surface area contributed by atoms with E-state index in [2.05, 4.69) is 9.98 Å². The Bertz CT molecular complexity index is 847. The standard InChI is InChI=1S/C23H26N2OS/c1-5-7-23(26)27-21-12-9-19(10-13-21)14-22(25-15-17(3)6-2)20-11-8-18(4)24-16-20/h6,8-16H,5,7H2,1-4H3/b17-6-,22-14+,25-15+. The molecule has 0 saturated heterocycles. The highest BCUT2D eigenvalue weighted by Crippen LogP contribution is 2.24. The van der Waals surface area contributed by atoms with E-state index in [1.54, 1.807) is 0 Å². The minimum Gasteiger partial charge on any atom is -0.287 e. The predicted molar refractivity (Wildman–Crippen MR) is 117 cm³/mol. The molecule has 0 atom stereocenters. The van der Waals surface area contributed by atoms with Crippen LogP contribution in [-0.2, 0) is 4.79 Å². The van der Waals surface area contributed by atoms with E-state index in [4.69, 9.17) is 0 Å². The normalized spacial score (nSPS) is 12.6. The topological polar surface area (TPSA) is 42.3 Å². The Kier molecular flexibility index (Phi) is 8.21. The number of allylic oxidation sites excluding steroid dienone is 2. The van der Waals surface area contributed by atoms with Gasteiger partial charge in [0, 0.05) is 35.0 Å². The smallest absolute Gasteiger partial charge is 0.193 e. The van der Waals surface area contributed by atoms with Gasteiger partial charge in [-0.25, -0.2) is 0 Å². The Morgan fingerprint density at radius 3 is 2.52 bits per heavy atom. The number of hydrogen-bond donors (Lipinski definition) is 0. The zero-order chi connectivity index (χ0) is 19.6. The maximum atomic E-state index is 11.8. The number of aromatic nitrogens is 1. The van der Waals surface area contributed by atoms with Crippen molar-refractivity contribution in [1.82, 2.24) is 4.98 Å². The van der Waals surface area contributed by atoms with E-state index in [-0.39, 0.29) is 5.12 Å². The zero-order valence-corrected chi connectivity index (χ0v) is 17.2. The summed E-state index contributed by atoms with van der Waals surface area (Å²) in [6.45, 7) is 8.00. The largest absolute Gasteiger partial charge is 0.287 e. The Morgan fingerprint density at radius 2 is 1.93 bits per heavy atom. The highest BCUT2D eigenvalue weighted by atomic mass is 32.2. The highest BCUT2D eigenvalue weighted by molar-refractivity contribution is 8.13. The van der Waals surface area contributed by atoms with Crippen LogP contribution in [0.2, 0.25) is 0 Å². The van der Waals surface area contributed by atoms with Crippen molar-refractivity contribution in [3.05, 3.63) is 71.1 Å². The van der Waals surface area contributed by atoms with Gasteiger partial charge in [0.2, 0.25) is 0 Å². The molecule has 0 radical (unpaired) electrons. The van der Waals surface area contributed by atoms with Crippen molar-refractivity contribution in [3.8, 4) is 0 Å². The lowest BCUT2D eigenvalue weighted by molar-refractivity contribution is -0.111. The average Bonchev–Trinajstić information content (AvgIpc) is 2.67. The third-order valence-corrected chi connectivity index (χ3v) is 4.88. The molecule has 2 rings (SSSR count). The van der Waals surface area contributed by atoms with E-state index in [1.807, 2.05) is 88.7 Å². The molecule has 1 aromatic carbocycles. The molecule has 0 aliphatic heterocycles. The van der Waals surface area contributed by atoms with Gasteiger partial charge in [0.25, 0.3) is 0 Å². The van der Waals surface area contributed by atoms with Crippen LogP contribution in [0.25, 0.3) is 11.8 Å². The van der Waals surface area contributed by atoms with Crippen molar-refractivity contribution >= 4 is 34.9 Å². The van der Waals surface area contributed by atoms with Gasteiger partial charge < -0.3 is 0 Å². The maximum Gasteiger partial charge on any atom is 0.193 e. The van der Waals surface area contributed by atoms with Crippen LogP contribution in [0.15, 0.2) is 64.1 Å². The van der Waals surface area contributed by atoms with Crippen LogP contribution >= 0.6 is 11.8 Å². The van der Waals surface area contributed by atoms with Crippen LogP contribution in [0.3, 0.4) is 0 Å². The fraction of sp³-hybridized carbons (Fsp3) is 0.261. The first-order valence-electron chi connectivity index (χ1n) is 9.14. The molecule has 2 aromatic rings. The lowest BCUT2D eigenvalue weighted by Crippen LogP contribution is -1.90. The monoisotopic (exact) mass is 378 g/mol. The van der Waals surface area contributed by atoms with Gasteiger partial charge in [0.1, 0.15) is 0 Å². The van der Waals surface area contributed by atoms with Gasteiger partial charge in [-0.05, 0) is 68.7 Å². The van der Waals surface area contributed by atoms with Crippen LogP contribution in [0, 0.1) is 6.92 Å². The summed E-state index contributed by atoms with van der Waals surface area (Å²) >= 11 is 1.30. The second-order valence-corrected chi connectivity index (χ2v) is 7.43. The summed E-state index contributed by atoms with van der Waals surface area (Å²) in [4.78, 5) is 21.8. The van der Waals surface area contributed by atoms with Crippen molar-refractivity contribution < 1.29 is 4.79 Å². The SMILES string of the molecule is C\C=C(C)/C=N/C(=C/c1ccc(SC(=O)CCC)cc1)c1ccc(C)nc1. The number of carbonyl (C=O) groups excluding carboxylic acids is 1. The Hall–Kier alpha value is -2.46. The number of carbonyl (C=O) groups is 1. The number of benzene rings is 1. The molecule has 0 aliphatic rings. The third kappa shape index (κ3) is 6.99. The van der Waals surface area contributed by atoms with Gasteiger partial charge in [-0.15, -0.1) is 0 Å². The number of thioether (sulfide) groups is 1. The maximum absolute atomic E-state index is 11.8. The number of nitrogens with zero attached hydrogens (tertiary/aromatic N) is 2. The zero-order valence-electron chi connectivity index (χ0n) is 16.4. The van der Waals surface area contributed by atoms with Crippen molar-refractivity contribution in [2.75, 3.05) is 0 Å². The second-order valence-electron chi connectivity index (χ2n) is 6.30. The second kappa shape index (κ2) is 10.6. The molecule has 0 amide bonds. The first-order valence-corrected chi connectivity index (χ1v) is 9.96. The molecule has 3 nitrogen and oxygen atoms in total. The Balaban J connectivity index is 2.28.